The number of rotatable bonds is 1. The first-order valence-corrected chi connectivity index (χ1v) is 5.37. The van der Waals surface area contributed by atoms with Crippen molar-refractivity contribution in [1.29, 1.82) is 0 Å². The summed E-state index contributed by atoms with van der Waals surface area (Å²) >= 11 is 5.85. The van der Waals surface area contributed by atoms with Crippen molar-refractivity contribution in [3.8, 4) is 0 Å². The summed E-state index contributed by atoms with van der Waals surface area (Å²) in [6, 6.07) is 8.94. The van der Waals surface area contributed by atoms with E-state index in [1.807, 2.05) is 12.1 Å². The lowest BCUT2D eigenvalue weighted by molar-refractivity contribution is 0.345. The van der Waals surface area contributed by atoms with Crippen molar-refractivity contribution in [3.05, 3.63) is 34.9 Å². The van der Waals surface area contributed by atoms with E-state index >= 15 is 0 Å². The first kappa shape index (κ1) is 9.97. The number of hydrogen-bond donors (Lipinski definition) is 2. The molecule has 2 atom stereocenters. The highest BCUT2D eigenvalue weighted by atomic mass is 35.5. The van der Waals surface area contributed by atoms with Crippen LogP contribution in [0.2, 0.25) is 5.02 Å². The predicted molar refractivity (Wildman–Crippen MR) is 59.7 cm³/mol. The minimum atomic E-state index is 0.404. The normalized spacial score (nSPS) is 27.6. The first-order valence-electron chi connectivity index (χ1n) is 4.99. The molecule has 3 heteroatoms. The molecule has 0 aliphatic carbocycles. The van der Waals surface area contributed by atoms with Gasteiger partial charge in [-0.15, -0.1) is 0 Å². The van der Waals surface area contributed by atoms with E-state index in [9.17, 15) is 0 Å². The highest BCUT2D eigenvalue weighted by Crippen LogP contribution is 2.20. The molecule has 1 saturated heterocycles. The van der Waals surface area contributed by atoms with Crippen LogP contribution in [0.5, 0.6) is 0 Å². The average molecular weight is 211 g/mol. The third-order valence-corrected chi connectivity index (χ3v) is 2.94. The van der Waals surface area contributed by atoms with Crippen LogP contribution >= 0.6 is 11.6 Å². The van der Waals surface area contributed by atoms with Crippen LogP contribution in [0.4, 0.5) is 0 Å². The quantitative estimate of drug-likeness (QED) is 0.741. The Bertz CT molecular complexity index is 297. The van der Waals surface area contributed by atoms with Crippen LogP contribution in [0, 0.1) is 0 Å². The van der Waals surface area contributed by atoms with E-state index in [-0.39, 0.29) is 0 Å². The van der Waals surface area contributed by atoms with E-state index < -0.39 is 0 Å². The van der Waals surface area contributed by atoms with Gasteiger partial charge in [0.05, 0.1) is 0 Å². The Morgan fingerprint density at radius 2 is 1.79 bits per heavy atom. The number of piperazine rings is 1. The fourth-order valence-electron chi connectivity index (χ4n) is 1.90. The van der Waals surface area contributed by atoms with Crippen LogP contribution in [-0.2, 0) is 0 Å². The summed E-state index contributed by atoms with van der Waals surface area (Å²) in [5.41, 5.74) is 1.30. The van der Waals surface area contributed by atoms with Crippen LogP contribution in [0.1, 0.15) is 18.5 Å². The van der Waals surface area contributed by atoms with Crippen LogP contribution in [0.3, 0.4) is 0 Å². The second-order valence-corrected chi connectivity index (χ2v) is 4.16. The molecule has 0 aromatic heterocycles. The van der Waals surface area contributed by atoms with Gasteiger partial charge in [-0.25, -0.2) is 0 Å². The third kappa shape index (κ3) is 2.08. The Morgan fingerprint density at radius 3 is 2.43 bits per heavy atom. The van der Waals surface area contributed by atoms with Crippen molar-refractivity contribution in [2.75, 3.05) is 13.1 Å². The molecule has 0 saturated carbocycles. The summed E-state index contributed by atoms with van der Waals surface area (Å²) in [6.07, 6.45) is 0. The summed E-state index contributed by atoms with van der Waals surface area (Å²) in [5, 5.41) is 7.75. The van der Waals surface area contributed by atoms with E-state index in [1.165, 1.54) is 5.56 Å². The highest BCUT2D eigenvalue weighted by Gasteiger charge is 2.21. The van der Waals surface area contributed by atoms with Gasteiger partial charge in [-0.2, -0.15) is 0 Å². The largest absolute Gasteiger partial charge is 0.311 e. The molecule has 1 heterocycles. The van der Waals surface area contributed by atoms with Gasteiger partial charge in [-0.1, -0.05) is 23.7 Å². The number of halogens is 1. The predicted octanol–water partition coefficient (Wildman–Crippen LogP) is 1.96. The smallest absolute Gasteiger partial charge is 0.0473 e. The van der Waals surface area contributed by atoms with Crippen molar-refractivity contribution in [1.82, 2.24) is 10.6 Å². The van der Waals surface area contributed by atoms with Gasteiger partial charge in [0.1, 0.15) is 0 Å². The number of benzene rings is 1. The fourth-order valence-corrected chi connectivity index (χ4v) is 2.02. The summed E-state index contributed by atoms with van der Waals surface area (Å²) in [6.45, 7) is 4.27. The third-order valence-electron chi connectivity index (χ3n) is 2.68. The zero-order valence-corrected chi connectivity index (χ0v) is 9.01. The Hall–Kier alpha value is -0.570. The average Bonchev–Trinajstić information content (AvgIpc) is 2.20. The van der Waals surface area contributed by atoms with Crippen LogP contribution in [0.25, 0.3) is 0 Å². The molecule has 0 spiro atoms. The van der Waals surface area contributed by atoms with Gasteiger partial charge >= 0.3 is 0 Å². The second-order valence-electron chi connectivity index (χ2n) is 3.73. The molecule has 0 amide bonds. The summed E-state index contributed by atoms with van der Waals surface area (Å²) in [7, 11) is 0. The maximum absolute atomic E-state index is 5.85. The van der Waals surface area contributed by atoms with Gasteiger partial charge < -0.3 is 10.6 Å². The SMILES string of the molecule is CC1NCCNC1c1ccc(Cl)cc1. The minimum Gasteiger partial charge on any atom is -0.311 e. The Balaban J connectivity index is 2.16. The fraction of sp³-hybridized carbons (Fsp3) is 0.455. The Labute approximate surface area is 89.7 Å². The van der Waals surface area contributed by atoms with Crippen molar-refractivity contribution < 1.29 is 0 Å². The molecule has 76 valence electrons. The molecular formula is C11H15ClN2. The summed E-state index contributed by atoms with van der Waals surface area (Å²) in [4.78, 5) is 0. The van der Waals surface area contributed by atoms with Crippen molar-refractivity contribution in [3.63, 3.8) is 0 Å². The zero-order valence-electron chi connectivity index (χ0n) is 8.26. The zero-order chi connectivity index (χ0) is 9.97. The number of nitrogens with one attached hydrogen (secondary N) is 2. The lowest BCUT2D eigenvalue weighted by atomic mass is 9.99. The molecule has 14 heavy (non-hydrogen) atoms. The lowest BCUT2D eigenvalue weighted by Crippen LogP contribution is -2.48. The summed E-state index contributed by atoms with van der Waals surface area (Å²) < 4.78 is 0. The van der Waals surface area contributed by atoms with E-state index in [0.29, 0.717) is 12.1 Å². The lowest BCUT2D eigenvalue weighted by Gasteiger charge is -2.31. The second kappa shape index (κ2) is 4.30. The first-order chi connectivity index (χ1) is 6.77. The molecule has 0 bridgehead atoms. The van der Waals surface area contributed by atoms with Gasteiger partial charge in [0, 0.05) is 30.2 Å². The van der Waals surface area contributed by atoms with Gasteiger partial charge in [-0.3, -0.25) is 0 Å². The van der Waals surface area contributed by atoms with E-state index in [0.717, 1.165) is 18.1 Å². The monoisotopic (exact) mass is 210 g/mol. The minimum absolute atomic E-state index is 0.404. The molecule has 1 aromatic rings. The Kier molecular flexibility index (Phi) is 3.06. The standard InChI is InChI=1S/C11H15ClN2/c1-8-11(14-7-6-13-8)9-2-4-10(12)5-3-9/h2-5,8,11,13-14H,6-7H2,1H3. The molecule has 2 unspecified atom stereocenters. The molecule has 1 aliphatic rings. The van der Waals surface area contributed by atoms with Gasteiger partial charge in [0.25, 0.3) is 0 Å². The van der Waals surface area contributed by atoms with E-state index in [4.69, 9.17) is 11.6 Å². The maximum Gasteiger partial charge on any atom is 0.0473 e. The van der Waals surface area contributed by atoms with Crippen LogP contribution in [-0.4, -0.2) is 19.1 Å². The summed E-state index contributed by atoms with van der Waals surface area (Å²) in [5.74, 6) is 0. The molecule has 1 aromatic carbocycles. The topological polar surface area (TPSA) is 24.1 Å². The van der Waals surface area contributed by atoms with Crippen LogP contribution < -0.4 is 10.6 Å². The van der Waals surface area contributed by atoms with E-state index in [1.54, 1.807) is 0 Å². The number of hydrogen-bond acceptors (Lipinski definition) is 2. The van der Waals surface area contributed by atoms with Crippen LogP contribution in [0.15, 0.2) is 24.3 Å². The molecule has 1 fully saturated rings. The maximum atomic E-state index is 5.85. The Morgan fingerprint density at radius 1 is 1.14 bits per heavy atom. The molecule has 1 aliphatic heterocycles. The highest BCUT2D eigenvalue weighted by molar-refractivity contribution is 6.30. The van der Waals surface area contributed by atoms with Gasteiger partial charge in [0.15, 0.2) is 0 Å². The molecule has 0 radical (unpaired) electrons. The van der Waals surface area contributed by atoms with Crippen molar-refractivity contribution in [2.24, 2.45) is 0 Å². The molecule has 2 rings (SSSR count). The van der Waals surface area contributed by atoms with Crippen molar-refractivity contribution in [2.45, 2.75) is 19.0 Å². The van der Waals surface area contributed by atoms with E-state index in [2.05, 4.69) is 29.7 Å². The molecule has 2 nitrogen and oxygen atoms in total. The van der Waals surface area contributed by atoms with Gasteiger partial charge in [-0.05, 0) is 24.6 Å². The van der Waals surface area contributed by atoms with Gasteiger partial charge in [0.2, 0.25) is 0 Å². The molecular weight excluding hydrogens is 196 g/mol. The van der Waals surface area contributed by atoms with Crippen molar-refractivity contribution >= 4 is 11.6 Å². The molecule has 2 N–H and O–H groups in total.